The zero-order chi connectivity index (χ0) is 7.23. The summed E-state index contributed by atoms with van der Waals surface area (Å²) in [7, 11) is 0. The van der Waals surface area contributed by atoms with Crippen LogP contribution in [0.2, 0.25) is 0 Å². The van der Waals surface area contributed by atoms with E-state index in [4.69, 9.17) is 6.42 Å². The van der Waals surface area contributed by atoms with Crippen LogP contribution in [0.25, 0.3) is 0 Å². The lowest BCUT2D eigenvalue weighted by Gasteiger charge is -2.14. The van der Waals surface area contributed by atoms with Crippen molar-refractivity contribution in [3.8, 4) is 12.3 Å². The molecule has 2 heteroatoms. The highest BCUT2D eigenvalue weighted by Gasteiger charge is 2.05. The summed E-state index contributed by atoms with van der Waals surface area (Å²) in [5.74, 6) is 2.66. The molecule has 0 amide bonds. The Morgan fingerprint density at radius 2 is 2.30 bits per heavy atom. The van der Waals surface area contributed by atoms with E-state index >= 15 is 0 Å². The van der Waals surface area contributed by atoms with Gasteiger partial charge in [0.25, 0.3) is 0 Å². The predicted octanol–water partition coefficient (Wildman–Crippen LogP) is -0.0851. The maximum Gasteiger partial charge on any atom is 0.0599 e. The van der Waals surface area contributed by atoms with Gasteiger partial charge in [-0.15, -0.1) is 6.42 Å². The summed E-state index contributed by atoms with van der Waals surface area (Å²) in [4.78, 5) is 2.31. The topological polar surface area (TPSA) is 15.3 Å². The normalized spacial score (nSPS) is 21.5. The van der Waals surface area contributed by atoms with Crippen molar-refractivity contribution in [2.45, 2.75) is 6.42 Å². The zero-order valence-corrected chi connectivity index (χ0v) is 6.27. The first kappa shape index (κ1) is 7.59. The highest BCUT2D eigenvalue weighted by atomic mass is 15.1. The Morgan fingerprint density at radius 3 is 3.10 bits per heavy atom. The maximum atomic E-state index is 5.20. The van der Waals surface area contributed by atoms with Gasteiger partial charge in [0.15, 0.2) is 0 Å². The molecule has 0 aliphatic carbocycles. The number of hydrogen-bond acceptors (Lipinski definition) is 2. The van der Waals surface area contributed by atoms with Crippen LogP contribution in [0.4, 0.5) is 0 Å². The van der Waals surface area contributed by atoms with E-state index in [1.165, 1.54) is 6.42 Å². The third-order valence-corrected chi connectivity index (χ3v) is 1.75. The number of nitrogens with one attached hydrogen (secondary N) is 1. The van der Waals surface area contributed by atoms with Gasteiger partial charge >= 0.3 is 0 Å². The van der Waals surface area contributed by atoms with Gasteiger partial charge in [-0.2, -0.15) is 0 Å². The fourth-order valence-corrected chi connectivity index (χ4v) is 1.19. The molecule has 0 spiro atoms. The first-order valence-electron chi connectivity index (χ1n) is 3.80. The van der Waals surface area contributed by atoms with Crippen LogP contribution in [-0.2, 0) is 0 Å². The van der Waals surface area contributed by atoms with E-state index in [-0.39, 0.29) is 0 Å². The fraction of sp³-hybridized carbons (Fsp3) is 0.750. The average Bonchev–Trinajstić information content (AvgIpc) is 2.17. The lowest BCUT2D eigenvalue weighted by atomic mass is 10.4. The second kappa shape index (κ2) is 4.32. The van der Waals surface area contributed by atoms with Gasteiger partial charge in [-0.25, -0.2) is 0 Å². The number of hydrogen-bond donors (Lipinski definition) is 1. The van der Waals surface area contributed by atoms with Crippen molar-refractivity contribution in [1.82, 2.24) is 10.2 Å². The van der Waals surface area contributed by atoms with Gasteiger partial charge in [0.1, 0.15) is 0 Å². The lowest BCUT2D eigenvalue weighted by molar-refractivity contribution is 0.329. The van der Waals surface area contributed by atoms with E-state index in [1.54, 1.807) is 0 Å². The minimum absolute atomic E-state index is 0.807. The highest BCUT2D eigenvalue weighted by Crippen LogP contribution is 1.92. The van der Waals surface area contributed by atoms with Crippen molar-refractivity contribution >= 4 is 0 Å². The molecule has 1 fully saturated rings. The molecular formula is C8H14N2. The van der Waals surface area contributed by atoms with Gasteiger partial charge in [0.2, 0.25) is 0 Å². The third-order valence-electron chi connectivity index (χ3n) is 1.75. The molecule has 0 unspecified atom stereocenters. The Balaban J connectivity index is 2.23. The van der Waals surface area contributed by atoms with Gasteiger partial charge in [-0.1, -0.05) is 5.92 Å². The Kier molecular flexibility index (Phi) is 3.28. The molecule has 1 aliphatic rings. The predicted molar refractivity (Wildman–Crippen MR) is 42.8 cm³/mol. The Morgan fingerprint density at radius 1 is 1.40 bits per heavy atom. The van der Waals surface area contributed by atoms with Gasteiger partial charge in [-0.3, -0.25) is 4.90 Å². The minimum Gasteiger partial charge on any atom is -0.315 e. The minimum atomic E-state index is 0.807. The highest BCUT2D eigenvalue weighted by molar-refractivity contribution is 4.88. The van der Waals surface area contributed by atoms with E-state index in [2.05, 4.69) is 16.1 Å². The van der Waals surface area contributed by atoms with Crippen LogP contribution in [0.3, 0.4) is 0 Å². The van der Waals surface area contributed by atoms with Gasteiger partial charge < -0.3 is 5.32 Å². The smallest absolute Gasteiger partial charge is 0.0599 e. The average molecular weight is 138 g/mol. The first-order chi connectivity index (χ1) is 4.93. The molecule has 0 saturated carbocycles. The Hall–Kier alpha value is -0.520. The largest absolute Gasteiger partial charge is 0.315 e. The second-order valence-corrected chi connectivity index (χ2v) is 2.58. The quantitative estimate of drug-likeness (QED) is 0.510. The molecule has 1 aliphatic heterocycles. The molecular weight excluding hydrogens is 124 g/mol. The summed E-state index contributed by atoms with van der Waals surface area (Å²) in [5, 5.41) is 3.33. The third kappa shape index (κ3) is 2.38. The molecule has 56 valence electrons. The molecule has 0 aromatic rings. The lowest BCUT2D eigenvalue weighted by Crippen LogP contribution is -2.28. The van der Waals surface area contributed by atoms with Crippen molar-refractivity contribution in [2.75, 3.05) is 32.7 Å². The fourth-order valence-electron chi connectivity index (χ4n) is 1.19. The summed E-state index contributed by atoms with van der Waals surface area (Å²) in [6.45, 7) is 5.28. The van der Waals surface area contributed by atoms with Crippen molar-refractivity contribution in [1.29, 1.82) is 0 Å². The number of rotatable bonds is 1. The molecule has 0 atom stereocenters. The van der Waals surface area contributed by atoms with Gasteiger partial charge in [0, 0.05) is 19.6 Å². The summed E-state index contributed by atoms with van der Waals surface area (Å²) in [6, 6.07) is 0. The van der Waals surface area contributed by atoms with Crippen molar-refractivity contribution in [3.63, 3.8) is 0 Å². The van der Waals surface area contributed by atoms with E-state index < -0.39 is 0 Å². The molecule has 1 heterocycles. The molecule has 1 N–H and O–H groups in total. The zero-order valence-electron chi connectivity index (χ0n) is 6.27. The second-order valence-electron chi connectivity index (χ2n) is 2.58. The van der Waals surface area contributed by atoms with Crippen LogP contribution in [0.1, 0.15) is 6.42 Å². The standard InChI is InChI=1S/C8H14N2/c1-2-6-10-7-3-4-9-5-8-10/h1,9H,3-8H2. The van der Waals surface area contributed by atoms with Crippen LogP contribution < -0.4 is 5.32 Å². The summed E-state index contributed by atoms with van der Waals surface area (Å²) >= 11 is 0. The van der Waals surface area contributed by atoms with E-state index in [9.17, 15) is 0 Å². The van der Waals surface area contributed by atoms with Crippen LogP contribution in [0, 0.1) is 12.3 Å². The SMILES string of the molecule is C#CCN1CCCNCC1. The Labute approximate surface area is 62.6 Å². The summed E-state index contributed by atoms with van der Waals surface area (Å²) in [6.07, 6.45) is 6.42. The molecule has 0 aromatic carbocycles. The van der Waals surface area contributed by atoms with Gasteiger partial charge in [0.05, 0.1) is 6.54 Å². The van der Waals surface area contributed by atoms with Crippen molar-refractivity contribution < 1.29 is 0 Å². The molecule has 0 bridgehead atoms. The monoisotopic (exact) mass is 138 g/mol. The molecule has 2 nitrogen and oxygen atoms in total. The molecule has 1 saturated heterocycles. The molecule has 1 rings (SSSR count). The number of terminal acetylenes is 1. The maximum absolute atomic E-state index is 5.20. The summed E-state index contributed by atoms with van der Waals surface area (Å²) in [5.41, 5.74) is 0. The summed E-state index contributed by atoms with van der Waals surface area (Å²) < 4.78 is 0. The van der Waals surface area contributed by atoms with Crippen LogP contribution >= 0.6 is 0 Å². The van der Waals surface area contributed by atoms with Gasteiger partial charge in [-0.05, 0) is 13.0 Å². The molecule has 0 radical (unpaired) electrons. The molecule has 10 heavy (non-hydrogen) atoms. The Bertz CT molecular complexity index is 118. The van der Waals surface area contributed by atoms with E-state index in [1.807, 2.05) is 0 Å². The van der Waals surface area contributed by atoms with E-state index in [0.717, 1.165) is 32.7 Å². The van der Waals surface area contributed by atoms with Crippen LogP contribution in [0.5, 0.6) is 0 Å². The van der Waals surface area contributed by atoms with Crippen LogP contribution in [0.15, 0.2) is 0 Å². The van der Waals surface area contributed by atoms with Crippen LogP contribution in [-0.4, -0.2) is 37.6 Å². The van der Waals surface area contributed by atoms with Crippen molar-refractivity contribution in [3.05, 3.63) is 0 Å². The number of nitrogens with zero attached hydrogens (tertiary/aromatic N) is 1. The molecule has 0 aromatic heterocycles. The van der Waals surface area contributed by atoms with Crippen molar-refractivity contribution in [2.24, 2.45) is 0 Å². The first-order valence-corrected chi connectivity index (χ1v) is 3.80. The van der Waals surface area contributed by atoms with E-state index in [0.29, 0.717) is 0 Å².